The number of halogens is 2. The van der Waals surface area contributed by atoms with Gasteiger partial charge in [-0.3, -0.25) is 9.59 Å². The second kappa shape index (κ2) is 9.96. The molecule has 22 heavy (non-hydrogen) atoms. The Morgan fingerprint density at radius 3 is 2.91 bits per heavy atom. The Bertz CT molecular complexity index is 475. The maximum Gasteiger partial charge on any atom is 0.248 e. The van der Waals surface area contributed by atoms with Crippen molar-refractivity contribution in [3.05, 3.63) is 11.6 Å². The van der Waals surface area contributed by atoms with Gasteiger partial charge in [-0.05, 0) is 12.8 Å². The molecule has 2 amide bonds. The van der Waals surface area contributed by atoms with Crippen molar-refractivity contribution in [1.82, 2.24) is 9.88 Å². The molecule has 10 heteroatoms. The summed E-state index contributed by atoms with van der Waals surface area (Å²) in [6.07, 6.45) is 3.05. The van der Waals surface area contributed by atoms with Crippen LogP contribution < -0.4 is 11.1 Å². The van der Waals surface area contributed by atoms with E-state index >= 15 is 0 Å². The van der Waals surface area contributed by atoms with Crippen molar-refractivity contribution in [2.75, 3.05) is 25.6 Å². The molecule has 0 saturated carbocycles. The predicted molar refractivity (Wildman–Crippen MR) is 89.8 cm³/mol. The fourth-order valence-corrected chi connectivity index (χ4v) is 2.77. The quantitative estimate of drug-likeness (QED) is 0.801. The molecule has 0 aromatic carbocycles. The molecule has 2 unspecified atom stereocenters. The molecule has 2 heterocycles. The third kappa shape index (κ3) is 5.06. The van der Waals surface area contributed by atoms with Gasteiger partial charge < -0.3 is 20.7 Å². The number of ether oxygens (including phenoxy) is 1. The Kier molecular flexibility index (Phi) is 9.54. The number of nitrogens with zero attached hydrogens (tertiary/aromatic N) is 2. The smallest absolute Gasteiger partial charge is 0.248 e. The number of nitrogens with two attached hydrogens (primary N) is 1. The van der Waals surface area contributed by atoms with Crippen molar-refractivity contribution in [1.29, 1.82) is 0 Å². The van der Waals surface area contributed by atoms with E-state index in [1.165, 1.54) is 23.3 Å². The van der Waals surface area contributed by atoms with E-state index in [1.807, 2.05) is 0 Å². The summed E-state index contributed by atoms with van der Waals surface area (Å²) in [5.74, 6) is -0.459. The summed E-state index contributed by atoms with van der Waals surface area (Å²) in [6.45, 7) is 0.697. The Morgan fingerprint density at radius 2 is 2.32 bits per heavy atom. The first-order chi connectivity index (χ1) is 9.63. The number of aromatic nitrogens is 1. The fraction of sp³-hybridized carbons (Fsp3) is 0.583. The van der Waals surface area contributed by atoms with Gasteiger partial charge in [0.2, 0.25) is 11.8 Å². The average Bonchev–Trinajstić information content (AvgIpc) is 3.08. The van der Waals surface area contributed by atoms with Crippen molar-refractivity contribution in [2.45, 2.75) is 24.9 Å². The lowest BCUT2D eigenvalue weighted by Crippen LogP contribution is -2.51. The van der Waals surface area contributed by atoms with Crippen molar-refractivity contribution in [3.63, 3.8) is 0 Å². The molecule has 1 aliphatic rings. The number of thiazole rings is 1. The van der Waals surface area contributed by atoms with Gasteiger partial charge in [-0.2, -0.15) is 0 Å². The SMILES string of the molecule is COCC(N)C(=O)N1CCCC1C(=O)Nc1nccs1.Cl.Cl. The average molecular weight is 371 g/mol. The molecule has 126 valence electrons. The summed E-state index contributed by atoms with van der Waals surface area (Å²) in [5.41, 5.74) is 5.75. The van der Waals surface area contributed by atoms with Crippen LogP contribution in [0.25, 0.3) is 0 Å². The topological polar surface area (TPSA) is 97.5 Å². The van der Waals surface area contributed by atoms with E-state index in [-0.39, 0.29) is 43.2 Å². The third-order valence-corrected chi connectivity index (χ3v) is 3.85. The summed E-state index contributed by atoms with van der Waals surface area (Å²) in [4.78, 5) is 29.9. The molecule has 1 aromatic heterocycles. The number of carbonyl (C=O) groups is 2. The van der Waals surface area contributed by atoms with E-state index in [0.29, 0.717) is 18.1 Å². The molecular formula is C12H20Cl2N4O3S. The summed E-state index contributed by atoms with van der Waals surface area (Å²) >= 11 is 1.34. The molecule has 1 aromatic rings. The number of hydrogen-bond acceptors (Lipinski definition) is 6. The Morgan fingerprint density at radius 1 is 1.59 bits per heavy atom. The van der Waals surface area contributed by atoms with Gasteiger partial charge in [0.15, 0.2) is 5.13 Å². The van der Waals surface area contributed by atoms with Crippen LogP contribution in [0.1, 0.15) is 12.8 Å². The molecule has 3 N–H and O–H groups in total. The lowest BCUT2D eigenvalue weighted by atomic mass is 10.2. The minimum Gasteiger partial charge on any atom is -0.383 e. The standard InChI is InChI=1S/C12H18N4O3S.2ClH/c1-19-7-8(13)11(18)16-5-2-3-9(16)10(17)15-12-14-4-6-20-12;;/h4,6,8-9H,2-3,5,7,13H2,1H3,(H,14,15,17);2*1H. The normalized spacial score (nSPS) is 18.1. The van der Waals surface area contributed by atoms with E-state index in [2.05, 4.69) is 10.3 Å². The molecule has 0 spiro atoms. The van der Waals surface area contributed by atoms with E-state index < -0.39 is 12.1 Å². The van der Waals surface area contributed by atoms with Gasteiger partial charge in [0.05, 0.1) is 6.61 Å². The molecule has 0 aliphatic carbocycles. The van der Waals surface area contributed by atoms with Gasteiger partial charge in [-0.1, -0.05) is 0 Å². The van der Waals surface area contributed by atoms with Gasteiger partial charge in [0, 0.05) is 25.2 Å². The molecule has 2 rings (SSSR count). The molecule has 1 saturated heterocycles. The molecule has 0 bridgehead atoms. The molecule has 1 aliphatic heterocycles. The van der Waals surface area contributed by atoms with Crippen molar-refractivity contribution in [3.8, 4) is 0 Å². The number of likely N-dealkylation sites (tertiary alicyclic amines) is 1. The zero-order chi connectivity index (χ0) is 14.5. The van der Waals surface area contributed by atoms with Crippen LogP contribution in [0.3, 0.4) is 0 Å². The Labute approximate surface area is 145 Å². The second-order valence-electron chi connectivity index (χ2n) is 4.58. The monoisotopic (exact) mass is 370 g/mol. The van der Waals surface area contributed by atoms with Crippen molar-refractivity contribution in [2.24, 2.45) is 5.73 Å². The number of hydrogen-bond donors (Lipinski definition) is 2. The van der Waals surface area contributed by atoms with Crippen LogP contribution in [0.4, 0.5) is 5.13 Å². The van der Waals surface area contributed by atoms with Gasteiger partial charge in [0.1, 0.15) is 12.1 Å². The Balaban J connectivity index is 0.00000220. The number of methoxy groups -OCH3 is 1. The lowest BCUT2D eigenvalue weighted by Gasteiger charge is -2.26. The zero-order valence-corrected chi connectivity index (χ0v) is 14.5. The summed E-state index contributed by atoms with van der Waals surface area (Å²) in [5, 5.41) is 5.04. The summed E-state index contributed by atoms with van der Waals surface area (Å²) in [7, 11) is 1.49. The van der Waals surface area contributed by atoms with E-state index in [0.717, 1.165) is 6.42 Å². The summed E-state index contributed by atoms with van der Waals surface area (Å²) < 4.78 is 4.88. The number of nitrogens with one attached hydrogen (secondary N) is 1. The number of carbonyl (C=O) groups excluding carboxylic acids is 2. The Hall–Kier alpha value is -0.930. The van der Waals surface area contributed by atoms with Gasteiger partial charge >= 0.3 is 0 Å². The third-order valence-electron chi connectivity index (χ3n) is 3.16. The maximum absolute atomic E-state index is 12.2. The first kappa shape index (κ1) is 21.1. The number of anilines is 1. The predicted octanol–water partition coefficient (Wildman–Crippen LogP) is 0.890. The highest BCUT2D eigenvalue weighted by Gasteiger charge is 2.36. The largest absolute Gasteiger partial charge is 0.383 e. The fourth-order valence-electron chi connectivity index (χ4n) is 2.24. The van der Waals surface area contributed by atoms with Crippen LogP contribution in [0.2, 0.25) is 0 Å². The molecule has 2 atom stereocenters. The number of amides is 2. The highest BCUT2D eigenvalue weighted by molar-refractivity contribution is 7.13. The van der Waals surface area contributed by atoms with Gasteiger partial charge in [-0.15, -0.1) is 36.2 Å². The van der Waals surface area contributed by atoms with Gasteiger partial charge in [-0.25, -0.2) is 4.98 Å². The van der Waals surface area contributed by atoms with Crippen LogP contribution in [-0.2, 0) is 14.3 Å². The minimum absolute atomic E-state index is 0. The van der Waals surface area contributed by atoms with Crippen LogP contribution in [-0.4, -0.2) is 54.0 Å². The molecule has 7 nitrogen and oxygen atoms in total. The maximum atomic E-state index is 12.2. The first-order valence-corrected chi connectivity index (χ1v) is 7.27. The van der Waals surface area contributed by atoms with Crippen LogP contribution in [0, 0.1) is 0 Å². The minimum atomic E-state index is -0.728. The van der Waals surface area contributed by atoms with Crippen LogP contribution in [0.5, 0.6) is 0 Å². The molecule has 0 radical (unpaired) electrons. The van der Waals surface area contributed by atoms with Crippen LogP contribution in [0.15, 0.2) is 11.6 Å². The zero-order valence-electron chi connectivity index (χ0n) is 12.1. The highest BCUT2D eigenvalue weighted by atomic mass is 35.5. The highest BCUT2D eigenvalue weighted by Crippen LogP contribution is 2.20. The molecule has 1 fully saturated rings. The van der Waals surface area contributed by atoms with Crippen LogP contribution >= 0.6 is 36.2 Å². The summed E-state index contributed by atoms with van der Waals surface area (Å²) in [6, 6.07) is -1.21. The first-order valence-electron chi connectivity index (χ1n) is 6.39. The molecular weight excluding hydrogens is 351 g/mol. The van der Waals surface area contributed by atoms with Crippen molar-refractivity contribution >= 4 is 53.1 Å². The lowest BCUT2D eigenvalue weighted by molar-refractivity contribution is -0.138. The van der Waals surface area contributed by atoms with Crippen molar-refractivity contribution < 1.29 is 14.3 Å². The van der Waals surface area contributed by atoms with E-state index in [1.54, 1.807) is 11.6 Å². The van der Waals surface area contributed by atoms with Gasteiger partial charge in [0.25, 0.3) is 0 Å². The van der Waals surface area contributed by atoms with E-state index in [4.69, 9.17) is 10.5 Å². The number of rotatable bonds is 5. The second-order valence-corrected chi connectivity index (χ2v) is 5.47. The van der Waals surface area contributed by atoms with E-state index in [9.17, 15) is 9.59 Å².